The number of nitrogens with one attached hydrogen (secondary N) is 1. The normalized spacial score (nSPS) is 26.8. The minimum Gasteiger partial charge on any atom is -0.369 e. The summed E-state index contributed by atoms with van der Waals surface area (Å²) in [7, 11) is 0. The standard InChI is InChI=1S/C32H49N5O2/c1-2-9-28-23-36(31(39)34-28)21-26-14-16-27(17-15-26)22-37-29(38)32(35-30(37)33,20-25-12-7-4-8-13-25)19-18-24-10-5-3-6-11-24/h14-17,24-25,28H,2-13,18-23H2,1H3,(H2,33,35)(H,34,39)/t28-,32-/m1/s1. The number of carbonyl (C=O) groups is 2. The van der Waals surface area contributed by atoms with E-state index in [4.69, 9.17) is 10.7 Å². The van der Waals surface area contributed by atoms with Gasteiger partial charge in [-0.05, 0) is 48.6 Å². The van der Waals surface area contributed by atoms with Crippen molar-refractivity contribution in [2.75, 3.05) is 6.54 Å². The first kappa shape index (κ1) is 28.0. The third-order valence-electron chi connectivity index (χ3n) is 9.72. The first-order chi connectivity index (χ1) is 19.0. The Kier molecular flexibility index (Phi) is 9.13. The van der Waals surface area contributed by atoms with E-state index in [0.29, 0.717) is 25.0 Å². The minimum absolute atomic E-state index is 0.0201. The lowest BCUT2D eigenvalue weighted by Gasteiger charge is -2.33. The van der Waals surface area contributed by atoms with E-state index in [2.05, 4.69) is 36.5 Å². The Morgan fingerprint density at radius 3 is 2.15 bits per heavy atom. The molecule has 1 saturated heterocycles. The molecule has 0 spiro atoms. The molecule has 2 heterocycles. The van der Waals surface area contributed by atoms with Crippen LogP contribution >= 0.6 is 0 Å². The molecule has 7 heteroatoms. The molecule has 0 radical (unpaired) electrons. The van der Waals surface area contributed by atoms with E-state index < -0.39 is 5.54 Å². The van der Waals surface area contributed by atoms with Gasteiger partial charge in [-0.2, -0.15) is 0 Å². The lowest BCUT2D eigenvalue weighted by Crippen LogP contribution is -2.45. The van der Waals surface area contributed by atoms with Crippen LogP contribution in [0.5, 0.6) is 0 Å². The number of nitrogens with two attached hydrogens (primary N) is 1. The zero-order valence-electron chi connectivity index (χ0n) is 24.0. The highest BCUT2D eigenvalue weighted by Crippen LogP contribution is 2.41. The van der Waals surface area contributed by atoms with Crippen molar-refractivity contribution < 1.29 is 9.59 Å². The number of benzene rings is 1. The van der Waals surface area contributed by atoms with Gasteiger partial charge in [0.05, 0.1) is 6.54 Å². The largest absolute Gasteiger partial charge is 0.369 e. The van der Waals surface area contributed by atoms with Gasteiger partial charge in [0, 0.05) is 19.1 Å². The number of guanidine groups is 1. The maximum absolute atomic E-state index is 14.1. The number of nitrogens with zero attached hydrogens (tertiary/aromatic N) is 3. The second kappa shape index (κ2) is 12.7. The summed E-state index contributed by atoms with van der Waals surface area (Å²) in [6.45, 7) is 3.96. The average Bonchev–Trinajstić information content (AvgIpc) is 3.40. The summed E-state index contributed by atoms with van der Waals surface area (Å²) in [6.07, 6.45) is 17.7. The van der Waals surface area contributed by atoms with Crippen molar-refractivity contribution in [1.82, 2.24) is 15.1 Å². The van der Waals surface area contributed by atoms with Crippen LogP contribution in [0.4, 0.5) is 4.79 Å². The van der Waals surface area contributed by atoms with E-state index in [-0.39, 0.29) is 18.0 Å². The maximum Gasteiger partial charge on any atom is 0.318 e. The van der Waals surface area contributed by atoms with Gasteiger partial charge in [-0.15, -0.1) is 0 Å². The van der Waals surface area contributed by atoms with Crippen molar-refractivity contribution in [3.8, 4) is 0 Å². The molecule has 2 aliphatic carbocycles. The first-order valence-corrected chi connectivity index (χ1v) is 15.8. The van der Waals surface area contributed by atoms with E-state index in [1.54, 1.807) is 4.90 Å². The lowest BCUT2D eigenvalue weighted by molar-refractivity contribution is -0.132. The second-order valence-corrected chi connectivity index (χ2v) is 12.8. The molecule has 2 aliphatic heterocycles. The lowest BCUT2D eigenvalue weighted by atomic mass is 9.75. The molecule has 3 fully saturated rings. The van der Waals surface area contributed by atoms with Gasteiger partial charge in [-0.1, -0.05) is 102 Å². The predicted octanol–water partition coefficient (Wildman–Crippen LogP) is 6.11. The Morgan fingerprint density at radius 2 is 1.51 bits per heavy atom. The number of carbonyl (C=O) groups excluding carboxylic acids is 2. The Balaban J connectivity index is 1.23. The summed E-state index contributed by atoms with van der Waals surface area (Å²) in [5.41, 5.74) is 7.96. The highest BCUT2D eigenvalue weighted by molar-refractivity contribution is 6.06. The molecule has 3 N–H and O–H groups in total. The number of urea groups is 1. The zero-order chi connectivity index (χ0) is 27.2. The molecule has 1 aromatic rings. The zero-order valence-corrected chi connectivity index (χ0v) is 24.0. The van der Waals surface area contributed by atoms with Crippen molar-refractivity contribution >= 4 is 17.9 Å². The van der Waals surface area contributed by atoms with E-state index in [0.717, 1.165) is 55.7 Å². The summed E-state index contributed by atoms with van der Waals surface area (Å²) >= 11 is 0. The molecule has 0 aromatic heterocycles. The molecular formula is C32H49N5O2. The molecule has 0 bridgehead atoms. The molecule has 214 valence electrons. The number of hydrogen-bond acceptors (Lipinski definition) is 4. The summed E-state index contributed by atoms with van der Waals surface area (Å²) in [5, 5.41) is 3.08. The maximum atomic E-state index is 14.1. The highest BCUT2D eigenvalue weighted by atomic mass is 16.2. The minimum atomic E-state index is -0.679. The van der Waals surface area contributed by atoms with E-state index in [9.17, 15) is 9.59 Å². The number of hydrogen-bond donors (Lipinski definition) is 2. The Hall–Kier alpha value is -2.57. The molecule has 3 amide bonds. The van der Waals surface area contributed by atoms with Gasteiger partial charge in [0.25, 0.3) is 5.91 Å². The molecule has 5 rings (SSSR count). The van der Waals surface area contributed by atoms with Crippen LogP contribution < -0.4 is 11.1 Å². The van der Waals surface area contributed by atoms with Gasteiger partial charge in [0.1, 0.15) is 5.54 Å². The summed E-state index contributed by atoms with van der Waals surface area (Å²) in [6, 6.07) is 8.54. The van der Waals surface area contributed by atoms with Crippen LogP contribution in [0.25, 0.3) is 0 Å². The Bertz CT molecular complexity index is 1010. The first-order valence-electron chi connectivity index (χ1n) is 15.8. The molecule has 7 nitrogen and oxygen atoms in total. The van der Waals surface area contributed by atoms with Crippen LogP contribution in [0.2, 0.25) is 0 Å². The molecule has 2 atom stereocenters. The van der Waals surface area contributed by atoms with Crippen LogP contribution in [0, 0.1) is 11.8 Å². The van der Waals surface area contributed by atoms with Gasteiger partial charge in [0.15, 0.2) is 5.96 Å². The quantitative estimate of drug-likeness (QED) is 0.358. The predicted molar refractivity (Wildman–Crippen MR) is 156 cm³/mol. The topological polar surface area (TPSA) is 91.0 Å². The van der Waals surface area contributed by atoms with Gasteiger partial charge >= 0.3 is 6.03 Å². The van der Waals surface area contributed by atoms with E-state index in [1.807, 2.05) is 4.90 Å². The molecule has 1 aromatic carbocycles. The molecular weight excluding hydrogens is 486 g/mol. The van der Waals surface area contributed by atoms with Crippen LogP contribution in [0.3, 0.4) is 0 Å². The number of amides is 3. The fourth-order valence-corrected chi connectivity index (χ4v) is 7.48. The van der Waals surface area contributed by atoms with Gasteiger partial charge < -0.3 is 16.0 Å². The summed E-state index contributed by atoms with van der Waals surface area (Å²) < 4.78 is 0. The van der Waals surface area contributed by atoms with Crippen molar-refractivity contribution in [2.24, 2.45) is 22.6 Å². The van der Waals surface area contributed by atoms with Gasteiger partial charge in [-0.3, -0.25) is 9.69 Å². The van der Waals surface area contributed by atoms with Gasteiger partial charge in [-0.25, -0.2) is 9.79 Å². The fraction of sp³-hybridized carbons (Fsp3) is 0.719. The van der Waals surface area contributed by atoms with Crippen molar-refractivity contribution in [3.05, 3.63) is 35.4 Å². The van der Waals surface area contributed by atoms with Crippen molar-refractivity contribution in [3.63, 3.8) is 0 Å². The number of aliphatic imine (C=N–C) groups is 1. The molecule has 2 saturated carbocycles. The second-order valence-electron chi connectivity index (χ2n) is 12.8. The van der Waals surface area contributed by atoms with Crippen LogP contribution in [-0.4, -0.2) is 45.8 Å². The third kappa shape index (κ3) is 6.78. The molecule has 4 aliphatic rings. The fourth-order valence-electron chi connectivity index (χ4n) is 7.48. The monoisotopic (exact) mass is 535 g/mol. The van der Waals surface area contributed by atoms with Gasteiger partial charge in [0.2, 0.25) is 0 Å². The number of rotatable bonds is 11. The third-order valence-corrected chi connectivity index (χ3v) is 9.72. The van der Waals surface area contributed by atoms with E-state index >= 15 is 0 Å². The van der Waals surface area contributed by atoms with Crippen LogP contribution in [0.15, 0.2) is 29.3 Å². The van der Waals surface area contributed by atoms with Crippen LogP contribution in [0.1, 0.15) is 114 Å². The highest BCUT2D eigenvalue weighted by Gasteiger charge is 2.48. The van der Waals surface area contributed by atoms with Crippen molar-refractivity contribution in [2.45, 2.75) is 128 Å². The molecule has 39 heavy (non-hydrogen) atoms. The summed E-state index contributed by atoms with van der Waals surface area (Å²) in [4.78, 5) is 35.0. The average molecular weight is 536 g/mol. The molecule has 0 unspecified atom stereocenters. The van der Waals surface area contributed by atoms with E-state index in [1.165, 1.54) is 64.2 Å². The Labute approximate surface area is 235 Å². The Morgan fingerprint density at radius 1 is 0.897 bits per heavy atom. The van der Waals surface area contributed by atoms with Crippen LogP contribution in [-0.2, 0) is 17.9 Å². The SMILES string of the molecule is CCC[C@@H]1CN(Cc2ccc(CN3C(=O)[C@@](CCC4CCCCC4)(CC4CCCCC4)N=C3N)cc2)C(=O)N1. The van der Waals surface area contributed by atoms with Crippen molar-refractivity contribution in [1.29, 1.82) is 0 Å². The smallest absolute Gasteiger partial charge is 0.318 e. The summed E-state index contributed by atoms with van der Waals surface area (Å²) in [5.74, 6) is 1.80.